The van der Waals surface area contributed by atoms with Gasteiger partial charge in [0, 0.05) is 5.56 Å². The number of nitrogens with zero attached hydrogens (tertiary/aromatic N) is 1. The van der Waals surface area contributed by atoms with Gasteiger partial charge in [-0.1, -0.05) is 30.3 Å². The van der Waals surface area contributed by atoms with Crippen molar-refractivity contribution in [1.29, 1.82) is 0 Å². The summed E-state index contributed by atoms with van der Waals surface area (Å²) in [6.45, 7) is 6.07. The van der Waals surface area contributed by atoms with E-state index in [9.17, 15) is 15.0 Å². The SMILES string of the molecule is CC(C)(C)N=C1/C(=C(/O)c2ccccc2)C(=O)C1(O)C1=CCCCO1. The highest BCUT2D eigenvalue weighted by Crippen LogP contribution is 2.42. The van der Waals surface area contributed by atoms with Crippen LogP contribution in [0.4, 0.5) is 0 Å². The van der Waals surface area contributed by atoms with Crippen LogP contribution in [0.3, 0.4) is 0 Å². The van der Waals surface area contributed by atoms with Crippen molar-refractivity contribution in [2.24, 2.45) is 4.99 Å². The zero-order valence-corrected chi connectivity index (χ0v) is 14.7. The number of carbonyl (C=O) groups excluding carboxylic acids is 1. The zero-order chi connectivity index (χ0) is 18.2. The van der Waals surface area contributed by atoms with Crippen LogP contribution in [0, 0.1) is 0 Å². The second kappa shape index (κ2) is 6.15. The maximum Gasteiger partial charge on any atom is 0.227 e. The standard InChI is InChI=1S/C20H23NO4/c1-19(2,3)21-17-15(16(22)13-9-5-4-6-10-13)18(23)20(17,24)14-11-7-8-12-25-14/h4-6,9-11,22,24H,7-8,12H2,1-3H3/b16-15-,21-17?. The van der Waals surface area contributed by atoms with Gasteiger partial charge in [-0.15, -0.1) is 0 Å². The van der Waals surface area contributed by atoms with E-state index < -0.39 is 16.9 Å². The topological polar surface area (TPSA) is 79.1 Å². The van der Waals surface area contributed by atoms with Gasteiger partial charge in [0.15, 0.2) is 0 Å². The molecule has 3 rings (SSSR count). The fourth-order valence-electron chi connectivity index (χ4n) is 2.98. The lowest BCUT2D eigenvalue weighted by Gasteiger charge is -2.42. The van der Waals surface area contributed by atoms with Crippen LogP contribution in [0.1, 0.15) is 39.2 Å². The Balaban J connectivity index is 2.14. The molecule has 25 heavy (non-hydrogen) atoms. The predicted octanol–water partition coefficient (Wildman–Crippen LogP) is 3.20. The summed E-state index contributed by atoms with van der Waals surface area (Å²) in [4.78, 5) is 17.4. The summed E-state index contributed by atoms with van der Waals surface area (Å²) in [5.74, 6) is -0.531. The normalized spacial score (nSPS) is 27.4. The molecule has 0 amide bonds. The Labute approximate surface area is 147 Å². The second-order valence-corrected chi connectivity index (χ2v) is 7.32. The van der Waals surface area contributed by atoms with Crippen LogP contribution >= 0.6 is 0 Å². The third-order valence-corrected chi connectivity index (χ3v) is 4.16. The Morgan fingerprint density at radius 1 is 1.24 bits per heavy atom. The number of aliphatic imine (C=N–C) groups is 1. The minimum atomic E-state index is -1.91. The van der Waals surface area contributed by atoms with Crippen molar-refractivity contribution >= 4 is 17.3 Å². The van der Waals surface area contributed by atoms with Gasteiger partial charge in [0.05, 0.1) is 23.4 Å². The number of benzene rings is 1. The minimum Gasteiger partial charge on any atom is -0.506 e. The molecule has 2 N–H and O–H groups in total. The van der Waals surface area contributed by atoms with E-state index in [0.717, 1.165) is 12.8 Å². The highest BCUT2D eigenvalue weighted by molar-refractivity contribution is 6.49. The van der Waals surface area contributed by atoms with Crippen molar-refractivity contribution in [3.63, 3.8) is 0 Å². The number of hydrogen-bond donors (Lipinski definition) is 2. The number of ketones is 1. The third-order valence-electron chi connectivity index (χ3n) is 4.16. The molecule has 0 aromatic heterocycles. The summed E-state index contributed by atoms with van der Waals surface area (Å²) in [5, 5.41) is 21.7. The fourth-order valence-corrected chi connectivity index (χ4v) is 2.98. The Morgan fingerprint density at radius 2 is 1.92 bits per heavy atom. The summed E-state index contributed by atoms with van der Waals surface area (Å²) in [6, 6.07) is 8.78. The van der Waals surface area contributed by atoms with E-state index in [-0.39, 0.29) is 22.8 Å². The Hall–Kier alpha value is -2.40. The number of aliphatic hydroxyl groups is 2. The number of carbonyl (C=O) groups is 1. The lowest BCUT2D eigenvalue weighted by molar-refractivity contribution is -0.130. The molecule has 0 bridgehead atoms. The van der Waals surface area contributed by atoms with Gasteiger partial charge < -0.3 is 14.9 Å². The number of ether oxygens (including phenoxy) is 1. The van der Waals surface area contributed by atoms with Crippen LogP contribution in [0.5, 0.6) is 0 Å². The molecule has 1 heterocycles. The highest BCUT2D eigenvalue weighted by Gasteiger charge is 2.61. The predicted molar refractivity (Wildman–Crippen MR) is 96.4 cm³/mol. The van der Waals surface area contributed by atoms with E-state index >= 15 is 0 Å². The molecular weight excluding hydrogens is 318 g/mol. The molecular formula is C20H23NO4. The first-order chi connectivity index (χ1) is 11.7. The van der Waals surface area contributed by atoms with Crippen molar-refractivity contribution in [3.05, 3.63) is 53.3 Å². The van der Waals surface area contributed by atoms with Gasteiger partial charge in [-0.3, -0.25) is 9.79 Å². The summed E-state index contributed by atoms with van der Waals surface area (Å²) in [5.41, 5.74) is -1.71. The molecule has 5 heteroatoms. The molecule has 0 radical (unpaired) electrons. The number of rotatable bonds is 2. The van der Waals surface area contributed by atoms with Crippen LogP contribution in [0.15, 0.2) is 52.7 Å². The largest absolute Gasteiger partial charge is 0.506 e. The van der Waals surface area contributed by atoms with Crippen molar-refractivity contribution < 1.29 is 19.7 Å². The molecule has 1 aliphatic carbocycles. The van der Waals surface area contributed by atoms with E-state index in [1.807, 2.05) is 26.8 Å². The van der Waals surface area contributed by atoms with E-state index in [4.69, 9.17) is 4.74 Å². The summed E-state index contributed by atoms with van der Waals surface area (Å²) < 4.78 is 5.54. The molecule has 132 valence electrons. The molecule has 1 aromatic carbocycles. The molecule has 1 fully saturated rings. The van der Waals surface area contributed by atoms with Gasteiger partial charge in [0.2, 0.25) is 11.4 Å². The number of allylic oxidation sites excluding steroid dienone is 1. The van der Waals surface area contributed by atoms with Crippen LogP contribution in [0.2, 0.25) is 0 Å². The lowest BCUT2D eigenvalue weighted by atomic mass is 9.68. The van der Waals surface area contributed by atoms with Gasteiger partial charge in [0.1, 0.15) is 11.5 Å². The summed E-state index contributed by atoms with van der Waals surface area (Å²) >= 11 is 0. The zero-order valence-electron chi connectivity index (χ0n) is 14.7. The van der Waals surface area contributed by atoms with Gasteiger partial charge in [-0.05, 0) is 39.7 Å². The smallest absolute Gasteiger partial charge is 0.227 e. The van der Waals surface area contributed by atoms with Crippen LogP contribution in [-0.4, -0.2) is 39.5 Å². The van der Waals surface area contributed by atoms with E-state index in [1.54, 1.807) is 30.3 Å². The van der Waals surface area contributed by atoms with E-state index in [0.29, 0.717) is 12.2 Å². The fraction of sp³-hybridized carbons (Fsp3) is 0.400. The molecule has 5 nitrogen and oxygen atoms in total. The van der Waals surface area contributed by atoms with Crippen molar-refractivity contribution in [2.75, 3.05) is 6.61 Å². The van der Waals surface area contributed by atoms with Gasteiger partial charge in [-0.2, -0.15) is 0 Å². The quantitative estimate of drug-likeness (QED) is 0.639. The minimum absolute atomic E-state index is 0.0544. The number of Topliss-reactive ketones (excluding diaryl/α,β-unsaturated/α-hetero) is 1. The van der Waals surface area contributed by atoms with Crippen molar-refractivity contribution in [3.8, 4) is 0 Å². The Kier molecular flexibility index (Phi) is 4.29. The molecule has 1 atom stereocenters. The molecule has 1 aromatic rings. The molecule has 1 unspecified atom stereocenters. The van der Waals surface area contributed by atoms with Crippen molar-refractivity contribution in [2.45, 2.75) is 44.8 Å². The Bertz CT molecular complexity index is 784. The van der Waals surface area contributed by atoms with Gasteiger partial charge in [-0.25, -0.2) is 0 Å². The van der Waals surface area contributed by atoms with Crippen LogP contribution in [0.25, 0.3) is 5.76 Å². The van der Waals surface area contributed by atoms with Gasteiger partial charge >= 0.3 is 0 Å². The monoisotopic (exact) mass is 341 g/mol. The van der Waals surface area contributed by atoms with Crippen LogP contribution < -0.4 is 0 Å². The first kappa shape index (κ1) is 17.4. The molecule has 0 saturated heterocycles. The third kappa shape index (κ3) is 3.00. The molecule has 1 aliphatic heterocycles. The Morgan fingerprint density at radius 3 is 2.48 bits per heavy atom. The van der Waals surface area contributed by atoms with E-state index in [1.165, 1.54) is 0 Å². The summed E-state index contributed by atoms with van der Waals surface area (Å²) in [6.07, 6.45) is 3.31. The summed E-state index contributed by atoms with van der Waals surface area (Å²) in [7, 11) is 0. The first-order valence-corrected chi connectivity index (χ1v) is 8.45. The van der Waals surface area contributed by atoms with Crippen LogP contribution in [-0.2, 0) is 9.53 Å². The molecule has 2 aliphatic rings. The number of hydrogen-bond acceptors (Lipinski definition) is 5. The average Bonchev–Trinajstić information content (AvgIpc) is 2.61. The first-order valence-electron chi connectivity index (χ1n) is 8.45. The van der Waals surface area contributed by atoms with Gasteiger partial charge in [0.25, 0.3) is 0 Å². The average molecular weight is 341 g/mol. The number of aliphatic hydroxyl groups excluding tert-OH is 1. The molecule has 1 saturated carbocycles. The highest BCUT2D eigenvalue weighted by atomic mass is 16.5. The lowest BCUT2D eigenvalue weighted by Crippen LogP contribution is -2.62. The maximum absolute atomic E-state index is 12.8. The van der Waals surface area contributed by atoms with E-state index in [2.05, 4.69) is 4.99 Å². The maximum atomic E-state index is 12.8. The second-order valence-electron chi connectivity index (χ2n) is 7.32. The van der Waals surface area contributed by atoms with Crippen molar-refractivity contribution in [1.82, 2.24) is 0 Å². The molecule has 0 spiro atoms.